The van der Waals surface area contributed by atoms with Crippen LogP contribution in [0.3, 0.4) is 0 Å². The summed E-state index contributed by atoms with van der Waals surface area (Å²) in [5.74, 6) is -0.180. The van der Waals surface area contributed by atoms with Gasteiger partial charge in [0, 0.05) is 6.54 Å². The third-order valence-corrected chi connectivity index (χ3v) is 4.29. The maximum Gasteiger partial charge on any atom is 0.307 e. The molecular weight excluding hydrogens is 268 g/mol. The lowest BCUT2D eigenvalue weighted by molar-refractivity contribution is -0.141. The Balaban J connectivity index is 1.83. The van der Waals surface area contributed by atoms with Crippen LogP contribution >= 0.6 is 0 Å². The lowest BCUT2D eigenvalue weighted by Crippen LogP contribution is -2.33. The lowest BCUT2D eigenvalue weighted by atomic mass is 10.1. The molecule has 2 aliphatic rings. The Kier molecular flexibility index (Phi) is 3.45. The molecule has 1 N–H and O–H groups in total. The smallest absolute Gasteiger partial charge is 0.307 e. The van der Waals surface area contributed by atoms with Crippen molar-refractivity contribution in [2.75, 3.05) is 13.7 Å². The van der Waals surface area contributed by atoms with Gasteiger partial charge in [-0.15, -0.1) is 0 Å². The number of nitrogens with zero attached hydrogens (tertiary/aromatic N) is 1. The molecule has 1 spiro atoms. The van der Waals surface area contributed by atoms with Gasteiger partial charge in [-0.1, -0.05) is 29.8 Å². The van der Waals surface area contributed by atoms with Crippen molar-refractivity contribution in [3.8, 4) is 0 Å². The highest BCUT2D eigenvalue weighted by Crippen LogP contribution is 2.45. The molecule has 1 saturated carbocycles. The van der Waals surface area contributed by atoms with Crippen LogP contribution in [0.25, 0.3) is 0 Å². The zero-order valence-corrected chi connectivity index (χ0v) is 12.4. The van der Waals surface area contributed by atoms with Gasteiger partial charge in [0.15, 0.2) is 0 Å². The summed E-state index contributed by atoms with van der Waals surface area (Å²) in [5.41, 5.74) is 1.84. The van der Waals surface area contributed by atoms with Crippen molar-refractivity contribution >= 4 is 11.9 Å². The van der Waals surface area contributed by atoms with Gasteiger partial charge < -0.3 is 9.64 Å². The van der Waals surface area contributed by atoms with Gasteiger partial charge in [-0.3, -0.25) is 14.9 Å². The van der Waals surface area contributed by atoms with Crippen LogP contribution in [-0.4, -0.2) is 36.0 Å². The quantitative estimate of drug-likeness (QED) is 0.854. The summed E-state index contributed by atoms with van der Waals surface area (Å²) in [5, 5.41) is 3.45. The van der Waals surface area contributed by atoms with E-state index in [1.807, 2.05) is 25.1 Å². The number of amides is 1. The molecule has 0 bridgehead atoms. The van der Waals surface area contributed by atoms with Gasteiger partial charge in [0.2, 0.25) is 5.91 Å². The van der Waals surface area contributed by atoms with Gasteiger partial charge >= 0.3 is 5.97 Å². The Morgan fingerprint density at radius 1 is 1.48 bits per heavy atom. The molecule has 1 atom stereocenters. The second-order valence-electron chi connectivity index (χ2n) is 5.87. The Labute approximate surface area is 124 Å². The minimum atomic E-state index is -0.384. The van der Waals surface area contributed by atoms with Crippen molar-refractivity contribution in [1.82, 2.24) is 10.2 Å². The molecule has 1 aromatic carbocycles. The first-order chi connectivity index (χ1) is 10.1. The highest BCUT2D eigenvalue weighted by atomic mass is 16.5. The Morgan fingerprint density at radius 3 is 2.86 bits per heavy atom. The van der Waals surface area contributed by atoms with E-state index < -0.39 is 0 Å². The van der Waals surface area contributed by atoms with Crippen molar-refractivity contribution in [1.29, 1.82) is 0 Å². The lowest BCUT2D eigenvalue weighted by Gasteiger charge is -2.24. The monoisotopic (exact) mass is 288 g/mol. The zero-order valence-electron chi connectivity index (χ0n) is 12.4. The van der Waals surface area contributed by atoms with Crippen molar-refractivity contribution < 1.29 is 14.3 Å². The SMILES string of the molecule is COC(=O)CCN1C(=O)C2(CC2)NC1c1cccc(C)c1. The minimum Gasteiger partial charge on any atom is -0.469 e. The van der Waals surface area contributed by atoms with E-state index in [-0.39, 0.29) is 30.0 Å². The van der Waals surface area contributed by atoms with Gasteiger partial charge in [0.1, 0.15) is 11.7 Å². The third-order valence-electron chi connectivity index (χ3n) is 4.29. The molecule has 0 aromatic heterocycles. The first-order valence-electron chi connectivity index (χ1n) is 7.28. The second kappa shape index (κ2) is 5.15. The van der Waals surface area contributed by atoms with E-state index in [0.29, 0.717) is 6.54 Å². The van der Waals surface area contributed by atoms with Gasteiger partial charge in [0.05, 0.1) is 13.5 Å². The molecular formula is C16H20N2O3. The van der Waals surface area contributed by atoms with Crippen LogP contribution < -0.4 is 5.32 Å². The first kappa shape index (κ1) is 14.1. The molecule has 1 saturated heterocycles. The van der Waals surface area contributed by atoms with Gasteiger partial charge in [-0.25, -0.2) is 0 Å². The predicted molar refractivity (Wildman–Crippen MR) is 77.4 cm³/mol. The van der Waals surface area contributed by atoms with E-state index in [9.17, 15) is 9.59 Å². The summed E-state index contributed by atoms with van der Waals surface area (Å²) in [4.78, 5) is 25.7. The molecule has 21 heavy (non-hydrogen) atoms. The van der Waals surface area contributed by atoms with Crippen molar-refractivity contribution in [2.24, 2.45) is 0 Å². The maximum atomic E-state index is 12.6. The molecule has 5 heteroatoms. The molecule has 5 nitrogen and oxygen atoms in total. The molecule has 112 valence electrons. The molecule has 3 rings (SSSR count). The number of benzene rings is 1. The van der Waals surface area contributed by atoms with E-state index in [4.69, 9.17) is 0 Å². The summed E-state index contributed by atoms with van der Waals surface area (Å²) >= 11 is 0. The van der Waals surface area contributed by atoms with E-state index in [2.05, 4.69) is 16.1 Å². The third kappa shape index (κ3) is 2.53. The molecule has 2 fully saturated rings. The van der Waals surface area contributed by atoms with Crippen LogP contribution in [0.2, 0.25) is 0 Å². The van der Waals surface area contributed by atoms with Crippen LogP contribution in [0, 0.1) is 6.92 Å². The minimum absolute atomic E-state index is 0.109. The topological polar surface area (TPSA) is 58.6 Å². The first-order valence-corrected chi connectivity index (χ1v) is 7.28. The number of carbonyl (C=O) groups excluding carboxylic acids is 2. The van der Waals surface area contributed by atoms with Crippen LogP contribution in [0.5, 0.6) is 0 Å². The number of hydrogen-bond acceptors (Lipinski definition) is 4. The maximum absolute atomic E-state index is 12.6. The number of methoxy groups -OCH3 is 1. The Morgan fingerprint density at radius 2 is 2.24 bits per heavy atom. The molecule has 1 unspecified atom stereocenters. The number of esters is 1. The van der Waals surface area contributed by atoms with Crippen molar-refractivity contribution in [3.05, 3.63) is 35.4 Å². The van der Waals surface area contributed by atoms with E-state index >= 15 is 0 Å². The number of ether oxygens (including phenoxy) is 1. The average molecular weight is 288 g/mol. The molecule has 1 aromatic rings. The predicted octanol–water partition coefficient (Wildman–Crippen LogP) is 1.52. The van der Waals surface area contributed by atoms with E-state index in [1.165, 1.54) is 7.11 Å². The molecule has 0 radical (unpaired) electrons. The molecule has 1 aliphatic heterocycles. The fourth-order valence-corrected chi connectivity index (χ4v) is 2.92. The summed E-state index contributed by atoms with van der Waals surface area (Å²) in [6, 6.07) is 8.13. The fourth-order valence-electron chi connectivity index (χ4n) is 2.92. The highest BCUT2D eigenvalue weighted by Gasteiger charge is 2.59. The van der Waals surface area contributed by atoms with Crippen molar-refractivity contribution in [3.63, 3.8) is 0 Å². The number of carbonyl (C=O) groups is 2. The summed E-state index contributed by atoms with van der Waals surface area (Å²) in [7, 11) is 1.37. The summed E-state index contributed by atoms with van der Waals surface area (Å²) in [6.45, 7) is 2.42. The van der Waals surface area contributed by atoms with Gasteiger partial charge in [-0.05, 0) is 25.3 Å². The van der Waals surface area contributed by atoms with Gasteiger partial charge in [0.25, 0.3) is 0 Å². The number of hydrogen-bond donors (Lipinski definition) is 1. The van der Waals surface area contributed by atoms with Gasteiger partial charge in [-0.2, -0.15) is 0 Å². The summed E-state index contributed by atoms with van der Waals surface area (Å²) in [6.07, 6.45) is 1.83. The van der Waals surface area contributed by atoms with Crippen LogP contribution in [0.4, 0.5) is 0 Å². The normalized spacial score (nSPS) is 22.7. The molecule has 1 amide bonds. The number of aryl methyl sites for hydroxylation is 1. The Hall–Kier alpha value is -1.88. The average Bonchev–Trinajstić information content (AvgIpc) is 3.20. The molecule has 1 aliphatic carbocycles. The van der Waals surface area contributed by atoms with Crippen LogP contribution in [0.1, 0.15) is 36.6 Å². The van der Waals surface area contributed by atoms with Crippen molar-refractivity contribution in [2.45, 2.75) is 37.9 Å². The summed E-state index contributed by atoms with van der Waals surface area (Å²) < 4.78 is 4.68. The van der Waals surface area contributed by atoms with Crippen LogP contribution in [-0.2, 0) is 14.3 Å². The fraction of sp³-hybridized carbons (Fsp3) is 0.500. The standard InChI is InChI=1S/C16H20N2O3/c1-11-4-3-5-12(10-11)14-17-16(7-8-16)15(20)18(14)9-6-13(19)21-2/h3-5,10,14,17H,6-9H2,1-2H3. The molecule has 1 heterocycles. The largest absolute Gasteiger partial charge is 0.469 e. The number of nitrogens with one attached hydrogen (secondary N) is 1. The van der Waals surface area contributed by atoms with E-state index in [1.54, 1.807) is 4.90 Å². The second-order valence-corrected chi connectivity index (χ2v) is 5.87. The Bertz CT molecular complexity index is 581. The highest BCUT2D eigenvalue weighted by molar-refractivity contribution is 5.92. The van der Waals surface area contributed by atoms with E-state index in [0.717, 1.165) is 24.0 Å². The number of rotatable bonds is 4. The van der Waals surface area contributed by atoms with Crippen LogP contribution in [0.15, 0.2) is 24.3 Å². The zero-order chi connectivity index (χ0) is 15.0.